The minimum Gasteiger partial charge on any atom is -0.483 e. The van der Waals surface area contributed by atoms with Crippen LogP contribution in [-0.2, 0) is 4.79 Å². The second-order valence-electron chi connectivity index (χ2n) is 5.47. The summed E-state index contributed by atoms with van der Waals surface area (Å²) in [4.78, 5) is 11.8. The average molecular weight is 318 g/mol. The number of fused-ring (bicyclic) bond motifs is 1. The second-order valence-corrected chi connectivity index (χ2v) is 5.47. The molecule has 0 saturated heterocycles. The first-order valence-corrected chi connectivity index (χ1v) is 7.71. The van der Waals surface area contributed by atoms with Gasteiger partial charge < -0.3 is 4.74 Å². The van der Waals surface area contributed by atoms with Crippen molar-refractivity contribution in [3.63, 3.8) is 0 Å². The molecule has 0 bridgehead atoms. The van der Waals surface area contributed by atoms with Gasteiger partial charge in [-0.05, 0) is 23.9 Å². The quantitative estimate of drug-likeness (QED) is 0.576. The van der Waals surface area contributed by atoms with E-state index in [0.717, 1.165) is 16.3 Å². The number of carbonyl (C=O) groups excluding carboxylic acids is 1. The first-order valence-electron chi connectivity index (χ1n) is 7.71. The van der Waals surface area contributed by atoms with Crippen LogP contribution in [0.3, 0.4) is 0 Å². The predicted molar refractivity (Wildman–Crippen MR) is 96.4 cm³/mol. The lowest BCUT2D eigenvalue weighted by Crippen LogP contribution is -2.24. The number of carbonyl (C=O) groups is 1. The van der Waals surface area contributed by atoms with Gasteiger partial charge in [-0.25, -0.2) is 5.43 Å². The van der Waals surface area contributed by atoms with E-state index in [1.54, 1.807) is 6.21 Å². The number of hydrogen-bond donors (Lipinski definition) is 1. The summed E-state index contributed by atoms with van der Waals surface area (Å²) in [7, 11) is 0. The fraction of sp³-hybridized carbons (Fsp3) is 0.100. The van der Waals surface area contributed by atoms with E-state index in [-0.39, 0.29) is 12.5 Å². The van der Waals surface area contributed by atoms with Crippen LogP contribution in [-0.4, -0.2) is 18.7 Å². The molecule has 0 aliphatic carbocycles. The summed E-state index contributed by atoms with van der Waals surface area (Å²) >= 11 is 0. The van der Waals surface area contributed by atoms with Crippen molar-refractivity contribution in [3.05, 3.63) is 77.9 Å². The van der Waals surface area contributed by atoms with Crippen molar-refractivity contribution in [2.75, 3.05) is 6.61 Å². The number of amides is 1. The molecule has 0 unspecified atom stereocenters. The van der Waals surface area contributed by atoms with Crippen LogP contribution in [0.5, 0.6) is 5.75 Å². The summed E-state index contributed by atoms with van der Waals surface area (Å²) in [6.45, 7) is 1.94. The standard InChI is InChI=1S/C20H18N2O2/c1-15-9-11-16(12-10-15)13-21-22-20(23)14-24-19-8-4-6-17-5-2-3-7-18(17)19/h2-13H,14H2,1H3,(H,22,23)/b21-13+. The molecule has 120 valence electrons. The number of hydrazone groups is 1. The van der Waals surface area contributed by atoms with Crippen LogP contribution in [0.25, 0.3) is 10.8 Å². The third-order valence-electron chi connectivity index (χ3n) is 3.59. The number of nitrogens with one attached hydrogen (secondary N) is 1. The van der Waals surface area contributed by atoms with Gasteiger partial charge in [-0.3, -0.25) is 4.79 Å². The van der Waals surface area contributed by atoms with E-state index >= 15 is 0 Å². The van der Waals surface area contributed by atoms with Crippen molar-refractivity contribution in [1.82, 2.24) is 5.43 Å². The molecule has 0 saturated carbocycles. The average Bonchev–Trinajstić information content (AvgIpc) is 2.61. The molecule has 4 heteroatoms. The fourth-order valence-corrected chi connectivity index (χ4v) is 2.33. The highest BCUT2D eigenvalue weighted by Gasteiger charge is 2.04. The highest BCUT2D eigenvalue weighted by atomic mass is 16.5. The van der Waals surface area contributed by atoms with Gasteiger partial charge in [0, 0.05) is 5.39 Å². The first kappa shape index (κ1) is 15.7. The predicted octanol–water partition coefficient (Wildman–Crippen LogP) is 3.68. The molecule has 0 aliphatic heterocycles. The van der Waals surface area contributed by atoms with E-state index in [1.165, 1.54) is 5.56 Å². The Labute approximate surface area is 140 Å². The third-order valence-corrected chi connectivity index (χ3v) is 3.59. The number of hydrogen-bond acceptors (Lipinski definition) is 3. The molecule has 0 radical (unpaired) electrons. The zero-order chi connectivity index (χ0) is 16.8. The van der Waals surface area contributed by atoms with E-state index < -0.39 is 0 Å². The van der Waals surface area contributed by atoms with Gasteiger partial charge in [0.25, 0.3) is 5.91 Å². The van der Waals surface area contributed by atoms with E-state index in [0.29, 0.717) is 5.75 Å². The highest BCUT2D eigenvalue weighted by molar-refractivity contribution is 5.89. The first-order chi connectivity index (χ1) is 11.7. The molecule has 0 aliphatic rings. The van der Waals surface area contributed by atoms with Crippen molar-refractivity contribution in [2.24, 2.45) is 5.10 Å². The second kappa shape index (κ2) is 7.42. The lowest BCUT2D eigenvalue weighted by molar-refractivity contribution is -0.123. The maximum Gasteiger partial charge on any atom is 0.277 e. The molecule has 0 heterocycles. The SMILES string of the molecule is Cc1ccc(/C=N/NC(=O)COc2cccc3ccccc23)cc1. The van der Waals surface area contributed by atoms with Crippen LogP contribution >= 0.6 is 0 Å². The Balaban J connectivity index is 1.56. The van der Waals surface area contributed by atoms with Crippen LogP contribution in [0, 0.1) is 6.92 Å². The number of nitrogens with zero attached hydrogens (tertiary/aromatic N) is 1. The molecule has 1 amide bonds. The topological polar surface area (TPSA) is 50.7 Å². The molecule has 3 rings (SSSR count). The molecular weight excluding hydrogens is 300 g/mol. The molecule has 24 heavy (non-hydrogen) atoms. The lowest BCUT2D eigenvalue weighted by atomic mass is 10.1. The van der Waals surface area contributed by atoms with Gasteiger partial charge in [0.15, 0.2) is 6.61 Å². The largest absolute Gasteiger partial charge is 0.483 e. The molecule has 1 N–H and O–H groups in total. The molecular formula is C20H18N2O2. The van der Waals surface area contributed by atoms with Gasteiger partial charge in [-0.2, -0.15) is 5.10 Å². The summed E-state index contributed by atoms with van der Waals surface area (Å²) in [5, 5.41) is 6.00. The number of ether oxygens (including phenoxy) is 1. The highest BCUT2D eigenvalue weighted by Crippen LogP contribution is 2.24. The lowest BCUT2D eigenvalue weighted by Gasteiger charge is -2.08. The molecule has 0 aromatic heterocycles. The molecule has 0 atom stereocenters. The van der Waals surface area contributed by atoms with Gasteiger partial charge in [-0.15, -0.1) is 0 Å². The van der Waals surface area contributed by atoms with Gasteiger partial charge >= 0.3 is 0 Å². The van der Waals surface area contributed by atoms with Crippen LogP contribution in [0.2, 0.25) is 0 Å². The number of rotatable bonds is 5. The van der Waals surface area contributed by atoms with Gasteiger partial charge in [0.2, 0.25) is 0 Å². The Kier molecular flexibility index (Phi) is 4.87. The van der Waals surface area contributed by atoms with Crippen molar-refractivity contribution >= 4 is 22.9 Å². The van der Waals surface area contributed by atoms with Crippen LogP contribution in [0.1, 0.15) is 11.1 Å². The minimum atomic E-state index is -0.300. The maximum absolute atomic E-state index is 11.8. The molecule has 0 spiro atoms. The Morgan fingerprint density at radius 1 is 1.04 bits per heavy atom. The zero-order valence-corrected chi connectivity index (χ0v) is 13.4. The van der Waals surface area contributed by atoms with Crippen molar-refractivity contribution < 1.29 is 9.53 Å². The van der Waals surface area contributed by atoms with Crippen LogP contribution in [0.4, 0.5) is 0 Å². The Hall–Kier alpha value is -3.14. The smallest absolute Gasteiger partial charge is 0.277 e. The van der Waals surface area contributed by atoms with Gasteiger partial charge in [0.1, 0.15) is 5.75 Å². The number of aryl methyl sites for hydroxylation is 1. The molecule has 0 fully saturated rings. The van der Waals surface area contributed by atoms with Crippen LogP contribution in [0.15, 0.2) is 71.8 Å². The van der Waals surface area contributed by atoms with Crippen molar-refractivity contribution in [3.8, 4) is 5.75 Å². The van der Waals surface area contributed by atoms with Crippen molar-refractivity contribution in [1.29, 1.82) is 0 Å². The van der Waals surface area contributed by atoms with E-state index in [2.05, 4.69) is 10.5 Å². The fourth-order valence-electron chi connectivity index (χ4n) is 2.33. The molecule has 3 aromatic rings. The van der Waals surface area contributed by atoms with Crippen LogP contribution < -0.4 is 10.2 Å². The number of benzene rings is 3. The Bertz CT molecular complexity index is 865. The van der Waals surface area contributed by atoms with E-state index in [4.69, 9.17) is 4.74 Å². The maximum atomic E-state index is 11.8. The summed E-state index contributed by atoms with van der Waals surface area (Å²) in [6, 6.07) is 21.5. The van der Waals surface area contributed by atoms with E-state index in [9.17, 15) is 4.79 Å². The summed E-state index contributed by atoms with van der Waals surface area (Å²) in [5.74, 6) is 0.386. The zero-order valence-electron chi connectivity index (χ0n) is 13.4. The van der Waals surface area contributed by atoms with Crippen molar-refractivity contribution in [2.45, 2.75) is 6.92 Å². The Morgan fingerprint density at radius 2 is 1.79 bits per heavy atom. The minimum absolute atomic E-state index is 0.0841. The Morgan fingerprint density at radius 3 is 2.62 bits per heavy atom. The van der Waals surface area contributed by atoms with Gasteiger partial charge in [-0.1, -0.05) is 66.2 Å². The normalized spacial score (nSPS) is 10.9. The molecule has 3 aromatic carbocycles. The summed E-state index contributed by atoms with van der Waals surface area (Å²) < 4.78 is 5.61. The monoisotopic (exact) mass is 318 g/mol. The van der Waals surface area contributed by atoms with Gasteiger partial charge in [0.05, 0.1) is 6.21 Å². The molecule has 4 nitrogen and oxygen atoms in total. The van der Waals surface area contributed by atoms with E-state index in [1.807, 2.05) is 73.7 Å². The third kappa shape index (κ3) is 3.98. The summed E-state index contributed by atoms with van der Waals surface area (Å²) in [5.41, 5.74) is 4.58. The summed E-state index contributed by atoms with van der Waals surface area (Å²) in [6.07, 6.45) is 1.61.